The number of rotatable bonds is 11. The van der Waals surface area contributed by atoms with Crippen LogP contribution in [0.2, 0.25) is 0 Å². The van der Waals surface area contributed by atoms with Gasteiger partial charge in [-0.1, -0.05) is 25.1 Å². The van der Waals surface area contributed by atoms with E-state index < -0.39 is 11.6 Å². The van der Waals surface area contributed by atoms with Crippen molar-refractivity contribution in [2.45, 2.75) is 46.0 Å². The van der Waals surface area contributed by atoms with E-state index in [1.54, 1.807) is 20.1 Å². The molecule has 3 aromatic rings. The van der Waals surface area contributed by atoms with E-state index in [4.69, 9.17) is 19.2 Å². The van der Waals surface area contributed by atoms with Crippen molar-refractivity contribution in [1.82, 2.24) is 9.97 Å². The molecule has 0 aliphatic carbocycles. The lowest BCUT2D eigenvalue weighted by molar-refractivity contribution is -0.160. The highest BCUT2D eigenvalue weighted by Gasteiger charge is 2.40. The Labute approximate surface area is 193 Å². The molecular weight excluding hydrogens is 424 g/mol. The summed E-state index contributed by atoms with van der Waals surface area (Å²) in [6.07, 6.45) is -0.0491. The lowest BCUT2D eigenvalue weighted by atomic mass is 9.87. The van der Waals surface area contributed by atoms with Gasteiger partial charge in [0, 0.05) is 35.8 Å². The van der Waals surface area contributed by atoms with Gasteiger partial charge in [0.2, 0.25) is 5.88 Å². The van der Waals surface area contributed by atoms with Gasteiger partial charge in [-0.15, -0.1) is 0 Å². The minimum absolute atomic E-state index is 0.0491. The summed E-state index contributed by atoms with van der Waals surface area (Å²) in [5.41, 5.74) is 0.903. The summed E-state index contributed by atoms with van der Waals surface area (Å²) in [6.45, 7) is 6.32. The first-order valence-electron chi connectivity index (χ1n) is 11.0. The highest BCUT2D eigenvalue weighted by Crippen LogP contribution is 2.37. The average Bonchev–Trinajstić information content (AvgIpc) is 2.82. The highest BCUT2D eigenvalue weighted by atomic mass is 16.5. The number of carboxylic acids is 1. The van der Waals surface area contributed by atoms with Gasteiger partial charge in [-0.2, -0.15) is 0 Å². The van der Waals surface area contributed by atoms with Crippen molar-refractivity contribution < 1.29 is 29.2 Å². The molecule has 33 heavy (non-hydrogen) atoms. The van der Waals surface area contributed by atoms with Gasteiger partial charge >= 0.3 is 5.97 Å². The maximum Gasteiger partial charge on any atom is 0.340 e. The normalized spacial score (nSPS) is 13.1. The molecule has 2 aromatic heterocycles. The van der Waals surface area contributed by atoms with Crippen LogP contribution in [-0.2, 0) is 33.1 Å². The number of aliphatic hydroxyl groups is 1. The average molecular weight is 455 g/mol. The van der Waals surface area contributed by atoms with Gasteiger partial charge in [0.15, 0.2) is 5.60 Å². The molecule has 0 amide bonds. The van der Waals surface area contributed by atoms with Gasteiger partial charge in [-0.25, -0.2) is 14.8 Å². The second-order valence-corrected chi connectivity index (χ2v) is 7.55. The van der Waals surface area contributed by atoms with E-state index in [-0.39, 0.29) is 31.1 Å². The second kappa shape index (κ2) is 10.7. The lowest BCUT2D eigenvalue weighted by Gasteiger charge is -2.27. The molecule has 0 saturated heterocycles. The fourth-order valence-electron chi connectivity index (χ4n) is 3.74. The second-order valence-electron chi connectivity index (χ2n) is 7.55. The molecule has 8 heteroatoms. The number of aromatic nitrogens is 2. The Balaban J connectivity index is 2.35. The predicted octanol–water partition coefficient (Wildman–Crippen LogP) is 4.06. The number of nitrogens with zero attached hydrogens (tertiary/aromatic N) is 2. The number of hydrogen-bond acceptors (Lipinski definition) is 7. The fraction of sp³-hybridized carbons (Fsp3) is 0.400. The molecule has 0 saturated carbocycles. The minimum Gasteiger partial charge on any atom is -0.479 e. The zero-order valence-electron chi connectivity index (χ0n) is 19.4. The zero-order valence-corrected chi connectivity index (χ0v) is 19.4. The number of aliphatic carboxylic acids is 1. The monoisotopic (exact) mass is 454 g/mol. The first-order valence-corrected chi connectivity index (χ1v) is 11.0. The summed E-state index contributed by atoms with van der Waals surface area (Å²) in [5, 5.41) is 22.0. The topological polar surface area (TPSA) is 111 Å². The van der Waals surface area contributed by atoms with Crippen LogP contribution in [0.25, 0.3) is 22.3 Å². The molecular formula is C25H30N2O6. The van der Waals surface area contributed by atoms with Crippen LogP contribution in [0.4, 0.5) is 0 Å². The summed E-state index contributed by atoms with van der Waals surface area (Å²) >= 11 is 0. The number of benzene rings is 1. The maximum absolute atomic E-state index is 12.2. The number of para-hydroxylation sites is 1. The third-order valence-corrected chi connectivity index (χ3v) is 5.47. The Morgan fingerprint density at radius 3 is 2.45 bits per heavy atom. The molecule has 0 aliphatic heterocycles. The largest absolute Gasteiger partial charge is 0.479 e. The first-order chi connectivity index (χ1) is 15.9. The van der Waals surface area contributed by atoms with E-state index in [2.05, 4.69) is 4.98 Å². The van der Waals surface area contributed by atoms with Crippen molar-refractivity contribution in [3.8, 4) is 17.3 Å². The van der Waals surface area contributed by atoms with Crippen molar-refractivity contribution >= 4 is 16.9 Å². The quantitative estimate of drug-likeness (QED) is 0.446. The van der Waals surface area contributed by atoms with Crippen LogP contribution in [0, 0.1) is 0 Å². The maximum atomic E-state index is 12.2. The molecule has 0 bridgehead atoms. The summed E-state index contributed by atoms with van der Waals surface area (Å²) in [4.78, 5) is 21.6. The lowest BCUT2D eigenvalue weighted by Crippen LogP contribution is -2.36. The van der Waals surface area contributed by atoms with Crippen molar-refractivity contribution in [2.24, 2.45) is 0 Å². The van der Waals surface area contributed by atoms with E-state index in [1.165, 1.54) is 0 Å². The standard InChI is InChI=1S/C25H30N2O6/c1-5-25(30,24(28)29)19-13-21(27-23(33-7-3)18(19)15-32-6-2)22-17(14-31-4)12-16-10-8-9-11-20(16)26-22/h8-13,30H,5-7,14-15H2,1-4H3,(H,28,29)/t25-/m0/s1. The Bertz CT molecular complexity index is 1130. The molecule has 2 N–H and O–H groups in total. The van der Waals surface area contributed by atoms with Crippen molar-refractivity contribution in [3.63, 3.8) is 0 Å². The van der Waals surface area contributed by atoms with E-state index in [9.17, 15) is 15.0 Å². The summed E-state index contributed by atoms with van der Waals surface area (Å²) in [6, 6.07) is 11.2. The number of hydrogen-bond donors (Lipinski definition) is 2. The molecule has 8 nitrogen and oxygen atoms in total. The van der Waals surface area contributed by atoms with Crippen LogP contribution < -0.4 is 4.74 Å². The van der Waals surface area contributed by atoms with Crippen LogP contribution >= 0.6 is 0 Å². The number of fused-ring (bicyclic) bond motifs is 1. The summed E-state index contributed by atoms with van der Waals surface area (Å²) in [5.74, 6) is -1.14. The molecule has 176 valence electrons. The van der Waals surface area contributed by atoms with E-state index in [0.29, 0.717) is 30.2 Å². The molecule has 1 aromatic carbocycles. The van der Waals surface area contributed by atoms with E-state index >= 15 is 0 Å². The third kappa shape index (κ3) is 4.98. The molecule has 0 unspecified atom stereocenters. The molecule has 3 rings (SSSR count). The number of pyridine rings is 2. The van der Waals surface area contributed by atoms with Crippen molar-refractivity contribution in [3.05, 3.63) is 53.1 Å². The number of carboxylic acid groups (broad SMARTS) is 1. The molecule has 1 atom stereocenters. The smallest absolute Gasteiger partial charge is 0.340 e. The predicted molar refractivity (Wildman–Crippen MR) is 124 cm³/mol. The van der Waals surface area contributed by atoms with E-state index in [0.717, 1.165) is 16.5 Å². The summed E-state index contributed by atoms with van der Waals surface area (Å²) in [7, 11) is 1.59. The number of ether oxygens (including phenoxy) is 3. The Morgan fingerprint density at radius 2 is 1.82 bits per heavy atom. The molecule has 0 fully saturated rings. The molecule has 0 aliphatic rings. The van der Waals surface area contributed by atoms with Gasteiger partial charge in [0.1, 0.15) is 0 Å². The Kier molecular flexibility index (Phi) is 7.97. The van der Waals surface area contributed by atoms with Crippen LogP contribution in [0.5, 0.6) is 5.88 Å². The number of carbonyl (C=O) groups is 1. The van der Waals surface area contributed by atoms with Gasteiger partial charge < -0.3 is 24.4 Å². The zero-order chi connectivity index (χ0) is 24.0. The molecule has 2 heterocycles. The van der Waals surface area contributed by atoms with Crippen LogP contribution in [-0.4, -0.2) is 46.5 Å². The van der Waals surface area contributed by atoms with Gasteiger partial charge in [-0.05, 0) is 38.5 Å². The molecule has 0 radical (unpaired) electrons. The van der Waals surface area contributed by atoms with Gasteiger partial charge in [-0.3, -0.25) is 0 Å². The fourth-order valence-corrected chi connectivity index (χ4v) is 3.74. The number of methoxy groups -OCH3 is 1. The first kappa shape index (κ1) is 24.6. The Morgan fingerprint density at radius 1 is 1.06 bits per heavy atom. The van der Waals surface area contributed by atoms with Gasteiger partial charge in [0.25, 0.3) is 0 Å². The third-order valence-electron chi connectivity index (χ3n) is 5.47. The summed E-state index contributed by atoms with van der Waals surface area (Å²) < 4.78 is 16.7. The highest BCUT2D eigenvalue weighted by molar-refractivity contribution is 5.84. The van der Waals surface area contributed by atoms with Crippen LogP contribution in [0.3, 0.4) is 0 Å². The minimum atomic E-state index is -2.14. The van der Waals surface area contributed by atoms with Gasteiger partial charge in [0.05, 0.1) is 36.7 Å². The van der Waals surface area contributed by atoms with Crippen molar-refractivity contribution in [1.29, 1.82) is 0 Å². The SMILES string of the molecule is CCOCc1c([C@@](O)(CC)C(=O)O)cc(-c2nc3ccccc3cc2COC)nc1OCC. The van der Waals surface area contributed by atoms with E-state index in [1.807, 2.05) is 44.2 Å². The van der Waals surface area contributed by atoms with Crippen molar-refractivity contribution in [2.75, 3.05) is 20.3 Å². The van der Waals surface area contributed by atoms with Crippen LogP contribution in [0.1, 0.15) is 43.9 Å². The molecule has 0 spiro atoms. The Hall–Kier alpha value is -3.07. The van der Waals surface area contributed by atoms with Crippen LogP contribution in [0.15, 0.2) is 36.4 Å².